The van der Waals surface area contributed by atoms with Crippen molar-refractivity contribution in [3.05, 3.63) is 63.3 Å². The van der Waals surface area contributed by atoms with Crippen LogP contribution in [0.4, 0.5) is 0 Å². The average Bonchev–Trinajstić information content (AvgIpc) is 2.86. The van der Waals surface area contributed by atoms with Crippen molar-refractivity contribution < 1.29 is 46.1 Å². The van der Waals surface area contributed by atoms with Gasteiger partial charge >= 0.3 is 5.69 Å². The SMILES string of the molecule is COc1cc(O)cc(OC)c1/C=C/c1cc(/C=C/c2c(OC)cc(O)cc2OC)[n+](C)c(=O)n1C.[Cl-]. The minimum absolute atomic E-state index is 0. The molecule has 0 aliphatic carbocycles. The molecule has 0 unspecified atom stereocenters. The van der Waals surface area contributed by atoms with E-state index in [4.69, 9.17) is 18.9 Å². The summed E-state index contributed by atoms with van der Waals surface area (Å²) < 4.78 is 24.5. The van der Waals surface area contributed by atoms with Crippen LogP contribution in [0.5, 0.6) is 34.5 Å². The number of aromatic hydroxyl groups is 2. The van der Waals surface area contributed by atoms with Gasteiger partial charge in [-0.1, -0.05) is 0 Å². The Balaban J connectivity index is 0.00000456. The number of hydrogen-bond donors (Lipinski definition) is 2. The van der Waals surface area contributed by atoms with Crippen molar-refractivity contribution in [1.29, 1.82) is 0 Å². The van der Waals surface area contributed by atoms with Gasteiger partial charge in [-0.3, -0.25) is 0 Å². The van der Waals surface area contributed by atoms with Gasteiger partial charge in [0.15, 0.2) is 0 Å². The van der Waals surface area contributed by atoms with Crippen LogP contribution in [-0.4, -0.2) is 43.2 Å². The molecule has 2 aromatic carbocycles. The van der Waals surface area contributed by atoms with E-state index in [-0.39, 0.29) is 29.6 Å². The number of benzene rings is 2. The fourth-order valence-corrected chi connectivity index (χ4v) is 3.63. The zero-order chi connectivity index (χ0) is 25.7. The Bertz CT molecular complexity index is 1210. The summed E-state index contributed by atoms with van der Waals surface area (Å²) in [6.45, 7) is 0. The van der Waals surface area contributed by atoms with Gasteiger partial charge < -0.3 is 41.6 Å². The highest BCUT2D eigenvalue weighted by Gasteiger charge is 2.16. The number of nitrogens with zero attached hydrogens (tertiary/aromatic N) is 2. The molecule has 0 saturated heterocycles. The first-order valence-electron chi connectivity index (χ1n) is 10.6. The molecule has 3 rings (SSSR count). The Hall–Kier alpha value is -4.11. The summed E-state index contributed by atoms with van der Waals surface area (Å²) in [7, 11) is 9.34. The summed E-state index contributed by atoms with van der Waals surface area (Å²) in [5.74, 6) is 1.74. The Kier molecular flexibility index (Phi) is 9.40. The molecule has 0 aliphatic heterocycles. The normalized spacial score (nSPS) is 10.9. The smallest absolute Gasteiger partial charge is 0.498 e. The molecule has 36 heavy (non-hydrogen) atoms. The lowest BCUT2D eigenvalue weighted by Crippen LogP contribution is -3.00. The fraction of sp³-hybridized carbons (Fsp3) is 0.231. The van der Waals surface area contributed by atoms with Gasteiger partial charge in [-0.2, -0.15) is 13.9 Å². The Morgan fingerprint density at radius 2 is 1.11 bits per heavy atom. The lowest BCUT2D eigenvalue weighted by molar-refractivity contribution is -0.692. The predicted molar refractivity (Wildman–Crippen MR) is 133 cm³/mol. The van der Waals surface area contributed by atoms with Gasteiger partial charge in [0.05, 0.1) is 53.7 Å². The highest BCUT2D eigenvalue weighted by atomic mass is 35.5. The number of aromatic nitrogens is 2. The highest BCUT2D eigenvalue weighted by molar-refractivity contribution is 5.78. The summed E-state index contributed by atoms with van der Waals surface area (Å²) >= 11 is 0. The number of ether oxygens (including phenoxy) is 4. The first kappa shape index (κ1) is 28.1. The van der Waals surface area contributed by atoms with E-state index in [0.29, 0.717) is 45.5 Å². The largest absolute Gasteiger partial charge is 1.00 e. The monoisotopic (exact) mass is 516 g/mol. The van der Waals surface area contributed by atoms with E-state index in [1.807, 2.05) is 6.07 Å². The topological polar surface area (TPSA) is 103 Å². The molecule has 192 valence electrons. The summed E-state index contributed by atoms with van der Waals surface area (Å²) in [4.78, 5) is 12.9. The van der Waals surface area contributed by atoms with E-state index >= 15 is 0 Å². The number of phenolic OH excluding ortho intramolecular Hbond substituents is 2. The van der Waals surface area contributed by atoms with E-state index in [9.17, 15) is 15.0 Å². The van der Waals surface area contributed by atoms with Gasteiger partial charge in [-0.15, -0.1) is 0 Å². The molecule has 0 atom stereocenters. The van der Waals surface area contributed by atoms with Gasteiger partial charge in [0, 0.05) is 30.3 Å². The maximum Gasteiger partial charge on any atom is 0.498 e. The van der Waals surface area contributed by atoms with Gasteiger partial charge in [-0.25, -0.2) is 0 Å². The molecule has 0 bridgehead atoms. The molecule has 1 aromatic heterocycles. The van der Waals surface area contributed by atoms with Crippen LogP contribution in [0.25, 0.3) is 24.3 Å². The summed E-state index contributed by atoms with van der Waals surface area (Å²) in [5, 5.41) is 19.8. The Morgan fingerprint density at radius 3 is 1.50 bits per heavy atom. The predicted octanol–water partition coefficient (Wildman–Crippen LogP) is 0.000200. The van der Waals surface area contributed by atoms with E-state index < -0.39 is 0 Å². The van der Waals surface area contributed by atoms with Crippen molar-refractivity contribution in [2.45, 2.75) is 0 Å². The molecule has 0 aliphatic rings. The molecule has 10 heteroatoms. The number of halogens is 1. The first-order valence-corrected chi connectivity index (χ1v) is 10.6. The summed E-state index contributed by atoms with van der Waals surface area (Å²) in [6, 6.07) is 7.78. The van der Waals surface area contributed by atoms with Gasteiger partial charge in [0.2, 0.25) is 0 Å². The van der Waals surface area contributed by atoms with Crippen LogP contribution in [0.2, 0.25) is 0 Å². The molecule has 0 radical (unpaired) electrons. The molecule has 3 aromatic rings. The highest BCUT2D eigenvalue weighted by Crippen LogP contribution is 2.36. The molecular weight excluding hydrogens is 488 g/mol. The van der Waals surface area contributed by atoms with Crippen molar-refractivity contribution in [3.8, 4) is 34.5 Å². The third-order valence-electron chi connectivity index (χ3n) is 5.54. The number of hydrogen-bond acceptors (Lipinski definition) is 7. The van der Waals surface area contributed by atoms with Crippen molar-refractivity contribution in [2.75, 3.05) is 28.4 Å². The lowest BCUT2D eigenvalue weighted by atomic mass is 10.1. The number of phenols is 2. The maximum absolute atomic E-state index is 12.9. The van der Waals surface area contributed by atoms with Crippen LogP contribution in [-0.2, 0) is 14.1 Å². The van der Waals surface area contributed by atoms with E-state index in [1.165, 1.54) is 61.8 Å². The third-order valence-corrected chi connectivity index (χ3v) is 5.54. The number of rotatable bonds is 8. The Morgan fingerprint density at radius 1 is 0.722 bits per heavy atom. The van der Waals surface area contributed by atoms with Crippen molar-refractivity contribution >= 4 is 24.3 Å². The maximum atomic E-state index is 12.9. The quantitative estimate of drug-likeness (QED) is 0.406. The second-order valence-corrected chi connectivity index (χ2v) is 7.59. The lowest BCUT2D eigenvalue weighted by Gasteiger charge is -2.11. The number of methoxy groups -OCH3 is 4. The molecular formula is C26H29ClN2O7. The fourth-order valence-electron chi connectivity index (χ4n) is 3.63. The molecule has 2 N–H and O–H groups in total. The van der Waals surface area contributed by atoms with Crippen molar-refractivity contribution in [1.82, 2.24) is 4.57 Å². The average molecular weight is 517 g/mol. The van der Waals surface area contributed by atoms with Crippen LogP contribution >= 0.6 is 0 Å². The standard InChI is InChI=1S/C26H28N2O7.ClH/c1-27-16(7-9-20-22(32-3)12-18(29)13-23(20)33-4)11-17(28(2)26(27)31)8-10-21-24(34-5)14-19(30)15-25(21)35-6;/h7-15H,1-6H3,(H,29,30);1H. The van der Waals surface area contributed by atoms with Crippen LogP contribution < -0.4 is 41.6 Å². The summed E-state index contributed by atoms with van der Waals surface area (Å²) in [5.41, 5.74) is 2.23. The second kappa shape index (κ2) is 12.0. The molecule has 1 heterocycles. The van der Waals surface area contributed by atoms with Crippen LogP contribution in [0, 0.1) is 0 Å². The third kappa shape index (κ3) is 5.75. The van der Waals surface area contributed by atoms with Gasteiger partial charge in [0.25, 0.3) is 0 Å². The van der Waals surface area contributed by atoms with E-state index in [2.05, 4.69) is 0 Å². The zero-order valence-corrected chi connectivity index (χ0v) is 21.7. The summed E-state index contributed by atoms with van der Waals surface area (Å²) in [6.07, 6.45) is 7.03. The minimum atomic E-state index is -0.235. The molecule has 0 amide bonds. The van der Waals surface area contributed by atoms with Crippen molar-refractivity contribution in [3.63, 3.8) is 0 Å². The van der Waals surface area contributed by atoms with E-state index in [0.717, 1.165) is 0 Å². The first-order chi connectivity index (χ1) is 16.7. The van der Waals surface area contributed by atoms with Crippen molar-refractivity contribution in [2.24, 2.45) is 14.1 Å². The van der Waals surface area contributed by atoms with Crippen LogP contribution in [0.1, 0.15) is 22.5 Å². The second-order valence-electron chi connectivity index (χ2n) is 7.59. The minimum Gasteiger partial charge on any atom is -1.00 e. The molecule has 9 nitrogen and oxygen atoms in total. The van der Waals surface area contributed by atoms with Crippen LogP contribution in [0.15, 0.2) is 35.1 Å². The molecule has 0 saturated carbocycles. The van der Waals surface area contributed by atoms with E-state index in [1.54, 1.807) is 38.4 Å². The Labute approximate surface area is 215 Å². The molecule has 0 spiro atoms. The van der Waals surface area contributed by atoms with Crippen LogP contribution in [0.3, 0.4) is 0 Å². The van der Waals surface area contributed by atoms with Gasteiger partial charge in [0.1, 0.15) is 45.9 Å². The zero-order valence-electron chi connectivity index (χ0n) is 20.9. The van der Waals surface area contributed by atoms with Gasteiger partial charge in [-0.05, 0) is 24.3 Å². The molecule has 0 fully saturated rings.